The van der Waals surface area contributed by atoms with Gasteiger partial charge in [-0.2, -0.15) is 8.42 Å². The van der Waals surface area contributed by atoms with Crippen LogP contribution in [0.5, 0.6) is 0 Å². The average Bonchev–Trinajstić information content (AvgIpc) is 2.16. The summed E-state index contributed by atoms with van der Waals surface area (Å²) < 4.78 is 35.4. The molecule has 0 fully saturated rings. The zero-order valence-corrected chi connectivity index (χ0v) is 10.2. The van der Waals surface area contributed by atoms with Crippen molar-refractivity contribution in [1.82, 2.24) is 0 Å². The number of hydrogen-bond acceptors (Lipinski definition) is 2. The van der Waals surface area contributed by atoms with E-state index in [1.165, 1.54) is 0 Å². The highest BCUT2D eigenvalue weighted by atomic mass is 32.3. The predicted molar refractivity (Wildman–Crippen MR) is 61.5 cm³/mol. The van der Waals surface area contributed by atoms with Crippen LogP contribution in [0.3, 0.4) is 0 Å². The van der Waals surface area contributed by atoms with Crippen molar-refractivity contribution in [3.05, 3.63) is 35.4 Å². The Kier molecular flexibility index (Phi) is 2.57. The molecule has 0 spiro atoms. The summed E-state index contributed by atoms with van der Waals surface area (Å²) in [6.45, 7) is 4.12. The fourth-order valence-corrected chi connectivity index (χ4v) is 3.38. The van der Waals surface area contributed by atoms with Gasteiger partial charge in [-0.15, -0.1) is 3.89 Å². The minimum Gasteiger partial charge on any atom is -0.194 e. The first-order valence-corrected chi connectivity index (χ1v) is 6.80. The van der Waals surface area contributed by atoms with Gasteiger partial charge in [-0.25, -0.2) is 0 Å². The number of benzene rings is 1. The van der Waals surface area contributed by atoms with E-state index in [1.807, 2.05) is 12.1 Å². The summed E-state index contributed by atoms with van der Waals surface area (Å²) in [5.74, 6) is 0. The Hall–Kier alpha value is -0.900. The fourth-order valence-electron chi connectivity index (χ4n) is 2.47. The quantitative estimate of drug-likeness (QED) is 0.709. The van der Waals surface area contributed by atoms with Crippen molar-refractivity contribution in [2.75, 3.05) is 0 Å². The minimum absolute atomic E-state index is 0.0716. The molecule has 1 aliphatic rings. The SMILES string of the molecule is CC1(C)CCC(S(=O)(=O)F)c2ccccc21. The molecule has 2 nitrogen and oxygen atoms in total. The molecule has 0 N–H and O–H groups in total. The Bertz CT molecular complexity index is 506. The normalized spacial score (nSPS) is 23.8. The largest absolute Gasteiger partial charge is 0.309 e. The lowest BCUT2D eigenvalue weighted by atomic mass is 9.73. The molecule has 0 aromatic heterocycles. The summed E-state index contributed by atoms with van der Waals surface area (Å²) >= 11 is 0. The molecule has 4 heteroatoms. The van der Waals surface area contributed by atoms with Gasteiger partial charge in [0, 0.05) is 0 Å². The molecule has 1 aromatic carbocycles. The zero-order valence-electron chi connectivity index (χ0n) is 9.40. The van der Waals surface area contributed by atoms with Crippen LogP contribution in [0.1, 0.15) is 43.1 Å². The van der Waals surface area contributed by atoms with Gasteiger partial charge >= 0.3 is 10.2 Å². The van der Waals surface area contributed by atoms with E-state index in [9.17, 15) is 12.3 Å². The van der Waals surface area contributed by atoms with Gasteiger partial charge in [-0.05, 0) is 29.4 Å². The van der Waals surface area contributed by atoms with Gasteiger partial charge in [0.05, 0.1) is 0 Å². The Labute approximate surface area is 95.7 Å². The van der Waals surface area contributed by atoms with Crippen LogP contribution in [-0.4, -0.2) is 8.42 Å². The summed E-state index contributed by atoms with van der Waals surface area (Å²) in [5, 5.41) is -0.975. The molecule has 88 valence electrons. The fraction of sp³-hybridized carbons (Fsp3) is 0.500. The summed E-state index contributed by atoms with van der Waals surface area (Å²) in [4.78, 5) is 0. The van der Waals surface area contributed by atoms with Crippen molar-refractivity contribution < 1.29 is 12.3 Å². The van der Waals surface area contributed by atoms with Gasteiger partial charge in [0.15, 0.2) is 0 Å². The van der Waals surface area contributed by atoms with Crippen molar-refractivity contribution in [2.45, 2.75) is 37.4 Å². The lowest BCUT2D eigenvalue weighted by Crippen LogP contribution is -2.28. The second kappa shape index (κ2) is 3.55. The third-order valence-electron chi connectivity index (χ3n) is 3.41. The highest BCUT2D eigenvalue weighted by molar-refractivity contribution is 7.86. The monoisotopic (exact) mass is 242 g/mol. The summed E-state index contributed by atoms with van der Waals surface area (Å²) in [7, 11) is -4.49. The van der Waals surface area contributed by atoms with Crippen LogP contribution in [0.25, 0.3) is 0 Å². The van der Waals surface area contributed by atoms with Crippen LogP contribution in [0, 0.1) is 0 Å². The molecule has 0 saturated heterocycles. The molecular weight excluding hydrogens is 227 g/mol. The average molecular weight is 242 g/mol. The minimum atomic E-state index is -4.49. The molecule has 1 aliphatic carbocycles. The van der Waals surface area contributed by atoms with Gasteiger partial charge in [0.25, 0.3) is 0 Å². The first-order chi connectivity index (χ1) is 7.32. The molecule has 2 rings (SSSR count). The Morgan fingerprint density at radius 3 is 2.56 bits per heavy atom. The second-order valence-electron chi connectivity index (χ2n) is 4.97. The molecule has 0 aliphatic heterocycles. The van der Waals surface area contributed by atoms with Crippen LogP contribution < -0.4 is 0 Å². The molecule has 1 unspecified atom stereocenters. The summed E-state index contributed by atoms with van der Waals surface area (Å²) in [5.41, 5.74) is 1.51. The molecule has 16 heavy (non-hydrogen) atoms. The van der Waals surface area contributed by atoms with Gasteiger partial charge in [0.2, 0.25) is 0 Å². The molecule has 0 amide bonds. The van der Waals surface area contributed by atoms with Gasteiger partial charge < -0.3 is 0 Å². The van der Waals surface area contributed by atoms with Gasteiger partial charge in [-0.1, -0.05) is 38.1 Å². The summed E-state index contributed by atoms with van der Waals surface area (Å²) in [6, 6.07) is 7.25. The van der Waals surface area contributed by atoms with E-state index in [-0.39, 0.29) is 5.41 Å². The first kappa shape index (κ1) is 11.6. The molecule has 0 bridgehead atoms. The maximum Gasteiger partial charge on any atom is 0.309 e. The van der Waals surface area contributed by atoms with E-state index in [1.54, 1.807) is 12.1 Å². The lowest BCUT2D eigenvalue weighted by Gasteiger charge is -2.35. The number of rotatable bonds is 1. The standard InChI is InChI=1S/C12H15FO2S/c1-12(2)8-7-11(16(13,14)15)9-5-3-4-6-10(9)12/h3-6,11H,7-8H2,1-2H3. The van der Waals surface area contributed by atoms with Crippen LogP contribution in [0.15, 0.2) is 24.3 Å². The van der Waals surface area contributed by atoms with E-state index >= 15 is 0 Å². The van der Waals surface area contributed by atoms with Crippen molar-refractivity contribution >= 4 is 10.2 Å². The maximum atomic E-state index is 13.2. The number of hydrogen-bond donors (Lipinski definition) is 0. The zero-order chi connectivity index (χ0) is 12.0. The topological polar surface area (TPSA) is 34.1 Å². The smallest absolute Gasteiger partial charge is 0.194 e. The Morgan fingerprint density at radius 1 is 1.31 bits per heavy atom. The van der Waals surface area contributed by atoms with Crippen molar-refractivity contribution in [3.8, 4) is 0 Å². The number of fused-ring (bicyclic) bond motifs is 1. The number of halogens is 1. The Balaban J connectivity index is 2.61. The van der Waals surface area contributed by atoms with E-state index in [2.05, 4.69) is 13.8 Å². The van der Waals surface area contributed by atoms with Gasteiger partial charge in [0.1, 0.15) is 5.25 Å². The lowest BCUT2D eigenvalue weighted by molar-refractivity contribution is 0.414. The second-order valence-corrected chi connectivity index (χ2v) is 6.49. The van der Waals surface area contributed by atoms with E-state index < -0.39 is 15.5 Å². The van der Waals surface area contributed by atoms with Crippen LogP contribution in [0.2, 0.25) is 0 Å². The highest BCUT2D eigenvalue weighted by Gasteiger charge is 2.38. The highest BCUT2D eigenvalue weighted by Crippen LogP contribution is 2.44. The van der Waals surface area contributed by atoms with Crippen LogP contribution >= 0.6 is 0 Å². The molecule has 1 atom stereocenters. The van der Waals surface area contributed by atoms with Crippen molar-refractivity contribution in [1.29, 1.82) is 0 Å². The molecule has 1 aromatic rings. The maximum absolute atomic E-state index is 13.2. The predicted octanol–water partition coefficient (Wildman–Crippen LogP) is 3.10. The molecule has 0 saturated carbocycles. The Morgan fingerprint density at radius 2 is 1.94 bits per heavy atom. The third kappa shape index (κ3) is 1.86. The van der Waals surface area contributed by atoms with Crippen LogP contribution in [-0.2, 0) is 15.6 Å². The van der Waals surface area contributed by atoms with E-state index in [0.717, 1.165) is 5.56 Å². The molecular formula is C12H15FO2S. The van der Waals surface area contributed by atoms with Crippen LogP contribution in [0.4, 0.5) is 3.89 Å². The third-order valence-corrected chi connectivity index (χ3v) is 4.58. The molecule has 0 radical (unpaired) electrons. The first-order valence-electron chi connectivity index (χ1n) is 5.35. The summed E-state index contributed by atoms with van der Waals surface area (Å²) in [6.07, 6.45) is 1.06. The van der Waals surface area contributed by atoms with Crippen molar-refractivity contribution in [3.63, 3.8) is 0 Å². The van der Waals surface area contributed by atoms with E-state index in [0.29, 0.717) is 18.4 Å². The van der Waals surface area contributed by atoms with E-state index in [4.69, 9.17) is 0 Å². The van der Waals surface area contributed by atoms with Crippen molar-refractivity contribution in [2.24, 2.45) is 0 Å². The molecule has 0 heterocycles. The van der Waals surface area contributed by atoms with Gasteiger partial charge in [-0.3, -0.25) is 0 Å².